The van der Waals surface area contributed by atoms with Gasteiger partial charge in [0.2, 0.25) is 0 Å². The van der Waals surface area contributed by atoms with Crippen LogP contribution in [0.25, 0.3) is 0 Å². The molecule has 0 aromatic carbocycles. The molecule has 1 fully saturated rings. The lowest BCUT2D eigenvalue weighted by Gasteiger charge is -2.26. The predicted molar refractivity (Wildman–Crippen MR) is 94.4 cm³/mol. The summed E-state index contributed by atoms with van der Waals surface area (Å²) in [5, 5.41) is 0. The first-order chi connectivity index (χ1) is 8.93. The van der Waals surface area contributed by atoms with Gasteiger partial charge in [0.05, 0.1) is 13.2 Å². The highest BCUT2D eigenvalue weighted by Crippen LogP contribution is 2.11. The predicted octanol–water partition coefficient (Wildman–Crippen LogP) is 4.98. The largest absolute Gasteiger partial charge is 0.379 e. The van der Waals surface area contributed by atoms with E-state index in [2.05, 4.69) is 11.8 Å². The van der Waals surface area contributed by atoms with E-state index in [4.69, 9.17) is 4.74 Å². The van der Waals surface area contributed by atoms with Crippen LogP contribution in [0.3, 0.4) is 0 Å². The van der Waals surface area contributed by atoms with Gasteiger partial charge in [-0.25, -0.2) is 0 Å². The summed E-state index contributed by atoms with van der Waals surface area (Å²) in [6, 6.07) is 0. The summed E-state index contributed by atoms with van der Waals surface area (Å²) in [4.78, 5) is 2.55. The van der Waals surface area contributed by atoms with Crippen LogP contribution in [0.4, 0.5) is 0 Å². The minimum absolute atomic E-state index is 0. The Bertz CT molecular complexity index is 176. The Morgan fingerprint density at radius 1 is 0.750 bits per heavy atom. The quantitative estimate of drug-likeness (QED) is 0.533. The number of morpholine rings is 1. The van der Waals surface area contributed by atoms with Crippen LogP contribution >= 0.6 is 17.0 Å². The minimum Gasteiger partial charge on any atom is -0.379 e. The Balaban J connectivity index is 0. The van der Waals surface area contributed by atoms with Crippen molar-refractivity contribution >= 4 is 17.0 Å². The number of hydrogen-bond donors (Lipinski definition) is 1. The van der Waals surface area contributed by atoms with Crippen molar-refractivity contribution < 1.29 is 4.74 Å². The highest BCUT2D eigenvalue weighted by molar-refractivity contribution is 8.93. The lowest BCUT2D eigenvalue weighted by molar-refractivity contribution is 0.0371. The minimum atomic E-state index is 0. The van der Waals surface area contributed by atoms with Gasteiger partial charge in [-0.2, -0.15) is 0 Å². The van der Waals surface area contributed by atoms with Gasteiger partial charge in [0.25, 0.3) is 0 Å². The van der Waals surface area contributed by atoms with Crippen LogP contribution in [0, 0.1) is 0 Å². The molecule has 0 radical (unpaired) electrons. The zero-order valence-electron chi connectivity index (χ0n) is 13.6. The maximum Gasteiger partial charge on any atom is 0.0594 e. The number of nitrogens with zero attached hydrogens (tertiary/aromatic N) is 1. The van der Waals surface area contributed by atoms with E-state index in [9.17, 15) is 0 Å². The second-order valence-corrected chi connectivity index (χ2v) is 5.64. The highest BCUT2D eigenvalue weighted by Gasteiger charge is 2.08. The summed E-state index contributed by atoms with van der Waals surface area (Å²) in [6.07, 6.45) is 14.3. The van der Waals surface area contributed by atoms with E-state index in [1.165, 1.54) is 70.8 Å². The van der Waals surface area contributed by atoms with Crippen LogP contribution in [-0.4, -0.2) is 37.7 Å². The van der Waals surface area contributed by atoms with E-state index >= 15 is 0 Å². The van der Waals surface area contributed by atoms with Crippen molar-refractivity contribution in [3.8, 4) is 0 Å². The first-order valence-electron chi connectivity index (χ1n) is 8.23. The summed E-state index contributed by atoms with van der Waals surface area (Å²) >= 11 is 0. The van der Waals surface area contributed by atoms with Crippen LogP contribution in [0.2, 0.25) is 0 Å². The average Bonchev–Trinajstić information content (AvgIpc) is 2.42. The molecule has 1 aliphatic heterocycles. The second kappa shape index (κ2) is 17.4. The van der Waals surface area contributed by atoms with E-state index in [1.807, 2.05) is 0 Å². The molecule has 1 saturated heterocycles. The van der Waals surface area contributed by atoms with E-state index in [0.29, 0.717) is 0 Å². The normalized spacial score (nSPS) is 15.4. The summed E-state index contributed by atoms with van der Waals surface area (Å²) in [6.45, 7) is 7.76. The molecule has 1 aliphatic rings. The van der Waals surface area contributed by atoms with Crippen molar-refractivity contribution in [1.29, 1.82) is 0 Å². The highest BCUT2D eigenvalue weighted by atomic mass is 79.9. The molecular weight excluding hydrogens is 316 g/mol. The molecule has 124 valence electrons. The standard InChI is InChI=1S/C16H33NO.BrH.H3N/c1-2-3-4-5-6-7-8-9-10-11-12-17-13-15-18-16-14-17;;/h2-16H2,1H3;1H;1H3. The SMILES string of the molecule is Br.CCCCCCCCCCCCN1CCOCC1.N. The lowest BCUT2D eigenvalue weighted by atomic mass is 10.1. The average molecular weight is 353 g/mol. The molecular formula is C16H37BrN2O. The molecule has 0 aromatic heterocycles. The third kappa shape index (κ3) is 13.3. The van der Waals surface area contributed by atoms with Gasteiger partial charge in [0, 0.05) is 13.1 Å². The summed E-state index contributed by atoms with van der Waals surface area (Å²) in [5.74, 6) is 0. The van der Waals surface area contributed by atoms with E-state index in [0.717, 1.165) is 26.3 Å². The van der Waals surface area contributed by atoms with Gasteiger partial charge in [0.15, 0.2) is 0 Å². The molecule has 0 spiro atoms. The van der Waals surface area contributed by atoms with Gasteiger partial charge in [0.1, 0.15) is 0 Å². The van der Waals surface area contributed by atoms with E-state index < -0.39 is 0 Å². The molecule has 0 bridgehead atoms. The zero-order chi connectivity index (χ0) is 12.9. The van der Waals surface area contributed by atoms with Crippen molar-refractivity contribution in [2.45, 2.75) is 71.1 Å². The molecule has 3 nitrogen and oxygen atoms in total. The van der Waals surface area contributed by atoms with Crippen LogP contribution in [0.15, 0.2) is 0 Å². The van der Waals surface area contributed by atoms with Crippen LogP contribution in [-0.2, 0) is 4.74 Å². The summed E-state index contributed by atoms with van der Waals surface area (Å²) in [5.41, 5.74) is 0. The van der Waals surface area contributed by atoms with Gasteiger partial charge in [-0.3, -0.25) is 4.90 Å². The van der Waals surface area contributed by atoms with Crippen LogP contribution in [0.5, 0.6) is 0 Å². The van der Waals surface area contributed by atoms with Crippen LogP contribution in [0.1, 0.15) is 71.1 Å². The summed E-state index contributed by atoms with van der Waals surface area (Å²) in [7, 11) is 0. The van der Waals surface area contributed by atoms with Crippen molar-refractivity contribution in [3.05, 3.63) is 0 Å². The van der Waals surface area contributed by atoms with E-state index in [1.54, 1.807) is 0 Å². The van der Waals surface area contributed by atoms with Crippen molar-refractivity contribution in [2.75, 3.05) is 32.8 Å². The van der Waals surface area contributed by atoms with Gasteiger partial charge in [-0.1, -0.05) is 64.7 Å². The summed E-state index contributed by atoms with van der Waals surface area (Å²) < 4.78 is 5.36. The fraction of sp³-hybridized carbons (Fsp3) is 1.00. The zero-order valence-corrected chi connectivity index (χ0v) is 15.3. The smallest absolute Gasteiger partial charge is 0.0594 e. The molecule has 3 N–H and O–H groups in total. The third-order valence-electron chi connectivity index (χ3n) is 3.93. The van der Waals surface area contributed by atoms with Crippen molar-refractivity contribution in [2.24, 2.45) is 0 Å². The van der Waals surface area contributed by atoms with E-state index in [-0.39, 0.29) is 23.1 Å². The maximum absolute atomic E-state index is 5.36. The number of unbranched alkanes of at least 4 members (excludes halogenated alkanes) is 9. The number of rotatable bonds is 11. The molecule has 0 atom stereocenters. The molecule has 1 rings (SSSR count). The number of hydrogen-bond acceptors (Lipinski definition) is 3. The Kier molecular flexibility index (Phi) is 19.7. The molecule has 20 heavy (non-hydrogen) atoms. The molecule has 4 heteroatoms. The Labute approximate surface area is 137 Å². The molecule has 0 saturated carbocycles. The number of ether oxygens (including phenoxy) is 1. The van der Waals surface area contributed by atoms with Gasteiger partial charge in [-0.05, 0) is 13.0 Å². The topological polar surface area (TPSA) is 47.5 Å². The second-order valence-electron chi connectivity index (χ2n) is 5.64. The molecule has 0 aromatic rings. The fourth-order valence-corrected chi connectivity index (χ4v) is 2.65. The molecule has 0 amide bonds. The molecule has 0 aliphatic carbocycles. The molecule has 1 heterocycles. The molecule has 0 unspecified atom stereocenters. The maximum atomic E-state index is 5.36. The lowest BCUT2D eigenvalue weighted by Crippen LogP contribution is -2.36. The Hall–Kier alpha value is 0.360. The first-order valence-corrected chi connectivity index (χ1v) is 8.23. The third-order valence-corrected chi connectivity index (χ3v) is 3.93. The van der Waals surface area contributed by atoms with Crippen molar-refractivity contribution in [1.82, 2.24) is 11.1 Å². The van der Waals surface area contributed by atoms with Crippen molar-refractivity contribution in [3.63, 3.8) is 0 Å². The monoisotopic (exact) mass is 352 g/mol. The Morgan fingerprint density at radius 2 is 1.20 bits per heavy atom. The first kappa shape index (κ1) is 22.6. The van der Waals surface area contributed by atoms with Gasteiger partial charge < -0.3 is 10.9 Å². The van der Waals surface area contributed by atoms with Gasteiger partial charge in [-0.15, -0.1) is 17.0 Å². The fourth-order valence-electron chi connectivity index (χ4n) is 2.65. The number of halogens is 1. The van der Waals surface area contributed by atoms with Crippen LogP contribution < -0.4 is 6.15 Å². The Morgan fingerprint density at radius 3 is 1.70 bits per heavy atom. The van der Waals surface area contributed by atoms with Gasteiger partial charge >= 0.3 is 0 Å².